The second-order valence-corrected chi connectivity index (χ2v) is 12.9. The lowest BCUT2D eigenvalue weighted by Crippen LogP contribution is -2.54. The summed E-state index contributed by atoms with van der Waals surface area (Å²) >= 11 is 1.85. The minimum absolute atomic E-state index is 0.118. The zero-order valence-corrected chi connectivity index (χ0v) is 33.3. The summed E-state index contributed by atoms with van der Waals surface area (Å²) in [5, 5.41) is 31.1. The molecule has 1 aromatic heterocycles. The van der Waals surface area contributed by atoms with Crippen molar-refractivity contribution in [3.8, 4) is 35.5 Å². The van der Waals surface area contributed by atoms with Crippen molar-refractivity contribution in [1.82, 2.24) is 27.4 Å². The second-order valence-electron chi connectivity index (χ2n) is 11.7. The van der Waals surface area contributed by atoms with Gasteiger partial charge < -0.3 is 40.2 Å². The van der Waals surface area contributed by atoms with Crippen molar-refractivity contribution in [3.63, 3.8) is 0 Å². The van der Waals surface area contributed by atoms with Crippen molar-refractivity contribution in [2.24, 2.45) is 0 Å². The first-order valence-electron chi connectivity index (χ1n) is 18.2. The predicted molar refractivity (Wildman–Crippen MR) is 210 cm³/mol. The summed E-state index contributed by atoms with van der Waals surface area (Å²) in [6.45, 7) is 0.210. The van der Waals surface area contributed by atoms with E-state index in [4.69, 9.17) is 29.5 Å². The van der Waals surface area contributed by atoms with Crippen LogP contribution in [0.15, 0.2) is 14.4 Å². The van der Waals surface area contributed by atoms with E-state index in [0.717, 1.165) is 13.7 Å². The van der Waals surface area contributed by atoms with Crippen LogP contribution in [0.2, 0.25) is 0 Å². The van der Waals surface area contributed by atoms with Gasteiger partial charge in [-0.1, -0.05) is 74.0 Å². The van der Waals surface area contributed by atoms with E-state index in [2.05, 4.69) is 46.2 Å². The highest BCUT2D eigenvalue weighted by atomic mass is 127. The topological polar surface area (TPSA) is 233 Å². The smallest absolute Gasteiger partial charge is 0.419 e. The van der Waals surface area contributed by atoms with Crippen molar-refractivity contribution < 1.29 is 43.9 Å². The van der Waals surface area contributed by atoms with Gasteiger partial charge in [-0.2, -0.15) is 0 Å². The molecule has 0 radical (unpaired) electrons. The van der Waals surface area contributed by atoms with Gasteiger partial charge in [0.2, 0.25) is 0 Å². The zero-order chi connectivity index (χ0) is 40.5. The molecule has 0 spiro atoms. The molecule has 0 fully saturated rings. The van der Waals surface area contributed by atoms with Crippen molar-refractivity contribution in [2.75, 3.05) is 59.3 Å². The van der Waals surface area contributed by atoms with Crippen LogP contribution in [-0.4, -0.2) is 110 Å². The van der Waals surface area contributed by atoms with Gasteiger partial charge in [0.1, 0.15) is 19.8 Å². The molecule has 0 aliphatic heterocycles. The largest absolute Gasteiger partial charge is 0.436 e. The molecule has 1 heterocycles. The Labute approximate surface area is 334 Å². The molecule has 0 saturated heterocycles. The third-order valence-corrected chi connectivity index (χ3v) is 8.53. The van der Waals surface area contributed by atoms with Crippen LogP contribution < -0.4 is 27.7 Å². The Hall–Kier alpha value is -4.49. The van der Waals surface area contributed by atoms with E-state index < -0.39 is 35.3 Å². The van der Waals surface area contributed by atoms with Crippen molar-refractivity contribution >= 4 is 41.1 Å². The van der Waals surface area contributed by atoms with Crippen LogP contribution in [-0.2, 0) is 33.8 Å². The molecule has 3 amide bonds. The molecule has 55 heavy (non-hydrogen) atoms. The fourth-order valence-electron chi connectivity index (χ4n) is 4.89. The fraction of sp³-hybridized carbons (Fsp3) is 0.667. The summed E-state index contributed by atoms with van der Waals surface area (Å²) in [7, 11) is 0. The van der Waals surface area contributed by atoms with E-state index in [1.807, 2.05) is 22.9 Å². The number of alkyl carbamates (subject to hydrolysis) is 2. The van der Waals surface area contributed by atoms with E-state index in [1.54, 1.807) is 0 Å². The number of hydrogen-bond acceptors (Lipinski definition) is 12. The quantitative estimate of drug-likeness (QED) is 0.0323. The van der Waals surface area contributed by atoms with E-state index in [9.17, 15) is 28.8 Å². The normalized spacial score (nSPS) is 10.1. The first-order valence-corrected chi connectivity index (χ1v) is 19.2. The number of unbranched alkanes of at least 4 members (excludes halogenated alkanes) is 9. The summed E-state index contributed by atoms with van der Waals surface area (Å²) < 4.78 is 19.4. The first kappa shape index (κ1) is 48.5. The number of hydrogen-bond donors (Lipinski definition) is 5. The van der Waals surface area contributed by atoms with Crippen LogP contribution in [0.3, 0.4) is 0 Å². The van der Waals surface area contributed by atoms with Gasteiger partial charge in [-0.25, -0.2) is 45.6 Å². The average molecular weight is 889 g/mol. The maximum Gasteiger partial charge on any atom is 0.419 e. The lowest BCUT2D eigenvalue weighted by atomic mass is 10.2. The summed E-state index contributed by atoms with van der Waals surface area (Å²) in [4.78, 5) is 75.6. The Bertz CT molecular complexity index is 1590. The number of aromatic nitrogens is 3. The number of aliphatic hydroxyl groups is 3. The molecule has 0 saturated carbocycles. The molecule has 1 aromatic rings. The monoisotopic (exact) mass is 888 g/mol. The van der Waals surface area contributed by atoms with Gasteiger partial charge in [-0.05, 0) is 38.5 Å². The van der Waals surface area contributed by atoms with Crippen LogP contribution in [0.4, 0.5) is 14.4 Å². The molecule has 5 N–H and O–H groups in total. The lowest BCUT2D eigenvalue weighted by Gasteiger charge is -2.15. The molecule has 0 unspecified atom stereocenters. The minimum Gasteiger partial charge on any atom is -0.436 e. The number of aliphatic hydroxyl groups excluding tert-OH is 3. The highest BCUT2D eigenvalue weighted by Crippen LogP contribution is 2.08. The molecule has 0 aromatic carbocycles. The minimum atomic E-state index is -0.662. The summed E-state index contributed by atoms with van der Waals surface area (Å²) in [6, 6.07) is 0. The molecule has 0 atom stereocenters. The predicted octanol–water partition coefficient (Wildman–Crippen LogP) is 1.08. The number of nitrogens with one attached hydrogen (secondary N) is 2. The van der Waals surface area contributed by atoms with Crippen LogP contribution in [0, 0.1) is 35.5 Å². The number of ether oxygens (including phenoxy) is 3. The molecule has 1 rings (SSSR count). The van der Waals surface area contributed by atoms with Gasteiger partial charge in [-0.15, -0.1) is 0 Å². The van der Waals surface area contributed by atoms with E-state index in [1.165, 1.54) is 3.11 Å². The van der Waals surface area contributed by atoms with Crippen LogP contribution in [0.25, 0.3) is 0 Å². The fourth-order valence-corrected chi connectivity index (χ4v) is 5.37. The second kappa shape index (κ2) is 31.8. The van der Waals surface area contributed by atoms with Crippen LogP contribution in [0.1, 0.15) is 77.0 Å². The number of carbonyl (C=O) groups excluding carboxylic acids is 3. The average Bonchev–Trinajstić information content (AvgIpc) is 3.17. The number of rotatable bonds is 24. The SMILES string of the molecule is O=C(NCCCCCCn1c(=O)n(CCCCCCNC(=O)OCC#CCO)c(=O)n(CCCCCCN(I)C(=O)OCC#CCO)c1=O)OCC#CCO. The summed E-state index contributed by atoms with van der Waals surface area (Å²) in [6.07, 6.45) is 5.80. The van der Waals surface area contributed by atoms with Crippen LogP contribution >= 0.6 is 22.9 Å². The number of amides is 3. The third kappa shape index (κ3) is 22.5. The molecular formula is C36H53IN6O12. The number of nitrogens with zero attached hydrogens (tertiary/aromatic N) is 4. The first-order chi connectivity index (χ1) is 26.7. The Morgan fingerprint density at radius 1 is 0.527 bits per heavy atom. The van der Waals surface area contributed by atoms with Gasteiger partial charge in [0.15, 0.2) is 19.8 Å². The summed E-state index contributed by atoms with van der Waals surface area (Å²) in [5.41, 5.74) is -1.98. The third-order valence-electron chi connectivity index (χ3n) is 7.66. The van der Waals surface area contributed by atoms with Crippen molar-refractivity contribution in [1.29, 1.82) is 0 Å². The Balaban J connectivity index is 2.75. The lowest BCUT2D eigenvalue weighted by molar-refractivity contribution is 0.144. The number of carbonyl (C=O) groups is 3. The Morgan fingerprint density at radius 3 is 1.25 bits per heavy atom. The molecule has 0 aliphatic carbocycles. The van der Waals surface area contributed by atoms with Gasteiger partial charge in [0.05, 0.1) is 22.9 Å². The van der Waals surface area contributed by atoms with Gasteiger partial charge in [0, 0.05) is 39.3 Å². The Kier molecular flexibility index (Phi) is 28.1. The molecule has 306 valence electrons. The van der Waals surface area contributed by atoms with Crippen LogP contribution in [0.5, 0.6) is 0 Å². The maximum absolute atomic E-state index is 13.4. The Morgan fingerprint density at radius 2 is 0.873 bits per heavy atom. The molecular weight excluding hydrogens is 835 g/mol. The zero-order valence-electron chi connectivity index (χ0n) is 31.2. The molecule has 18 nitrogen and oxygen atoms in total. The molecule has 0 bridgehead atoms. The van der Waals surface area contributed by atoms with Gasteiger partial charge in [0.25, 0.3) is 0 Å². The molecule has 19 heteroatoms. The number of halogens is 1. The van der Waals surface area contributed by atoms with Crippen molar-refractivity contribution in [3.05, 3.63) is 31.5 Å². The van der Waals surface area contributed by atoms with E-state index in [0.29, 0.717) is 96.7 Å². The highest BCUT2D eigenvalue weighted by Gasteiger charge is 2.16. The highest BCUT2D eigenvalue weighted by molar-refractivity contribution is 14.1. The van der Waals surface area contributed by atoms with Crippen molar-refractivity contribution in [2.45, 2.75) is 96.7 Å². The van der Waals surface area contributed by atoms with Gasteiger partial charge >= 0.3 is 35.3 Å². The summed E-state index contributed by atoms with van der Waals surface area (Å²) in [5.74, 6) is 14.6. The standard InChI is InChI=1S/C36H53IN6O12/c37-43(36(52)55-30-18-15-27-46)24-12-6-5-11-23-42-34(50)40(21-9-3-1-7-19-38-31(47)53-28-16-13-25-44)33(49)41(35(42)51)22-10-4-2-8-20-39-32(48)54-29-17-14-26-45/h44-46H,1-12,19-30H2,(H,38,47)(H,39,48). The van der Waals surface area contributed by atoms with Gasteiger partial charge in [-0.3, -0.25) is 0 Å². The van der Waals surface area contributed by atoms with E-state index >= 15 is 0 Å². The maximum atomic E-state index is 13.4. The van der Waals surface area contributed by atoms with E-state index in [-0.39, 0.29) is 59.3 Å². The molecule has 0 aliphatic rings.